The van der Waals surface area contributed by atoms with Gasteiger partial charge in [-0.25, -0.2) is 15.0 Å². The van der Waals surface area contributed by atoms with Crippen LogP contribution in [0.1, 0.15) is 38.7 Å². The van der Waals surface area contributed by atoms with Gasteiger partial charge in [-0.15, -0.1) is 17.5 Å². The van der Waals surface area contributed by atoms with E-state index in [2.05, 4.69) is 25.0 Å². The average molecular weight is 480 g/mol. The summed E-state index contributed by atoms with van der Waals surface area (Å²) in [5.74, 6) is 1.51. The number of thioether (sulfide) groups is 1. The lowest BCUT2D eigenvalue weighted by molar-refractivity contribution is -0.141. The zero-order chi connectivity index (χ0) is 21.9. The molecule has 3 rings (SSSR count). The third kappa shape index (κ3) is 7.21. The molecule has 174 valence electrons. The summed E-state index contributed by atoms with van der Waals surface area (Å²) in [6.07, 6.45) is -1.80. The van der Waals surface area contributed by atoms with E-state index < -0.39 is 17.3 Å². The van der Waals surface area contributed by atoms with Crippen molar-refractivity contribution in [3.8, 4) is 0 Å². The molecule has 1 fully saturated rings. The average Bonchev–Trinajstić information content (AvgIpc) is 3.09. The number of aryl methyl sites for hydroxylation is 1. The molecule has 0 aliphatic carbocycles. The number of alkyl halides is 3. The van der Waals surface area contributed by atoms with Crippen LogP contribution in [0.25, 0.3) is 0 Å². The normalized spacial score (nSPS) is 15.8. The first-order valence-corrected chi connectivity index (χ1v) is 10.9. The minimum absolute atomic E-state index is 0. The molecule has 0 N–H and O–H groups in total. The van der Waals surface area contributed by atoms with E-state index in [0.717, 1.165) is 43.0 Å². The molecule has 31 heavy (non-hydrogen) atoms. The van der Waals surface area contributed by atoms with Crippen LogP contribution < -0.4 is 4.90 Å². The van der Waals surface area contributed by atoms with Crippen LogP contribution in [0.15, 0.2) is 17.6 Å². The molecule has 2 aromatic rings. The summed E-state index contributed by atoms with van der Waals surface area (Å²) in [5.41, 5.74) is -1.43. The Labute approximate surface area is 191 Å². The van der Waals surface area contributed by atoms with Gasteiger partial charge in [-0.2, -0.15) is 13.2 Å². The maximum Gasteiger partial charge on any atom is 0.433 e. The van der Waals surface area contributed by atoms with Crippen LogP contribution in [0.3, 0.4) is 0 Å². The van der Waals surface area contributed by atoms with E-state index in [-0.39, 0.29) is 18.2 Å². The fourth-order valence-electron chi connectivity index (χ4n) is 3.11. The largest absolute Gasteiger partial charge is 0.433 e. The number of nitrogens with zero attached hydrogens (tertiary/aromatic N) is 7. The van der Waals surface area contributed by atoms with E-state index in [1.807, 2.05) is 32.7 Å². The van der Waals surface area contributed by atoms with Crippen LogP contribution >= 0.6 is 24.2 Å². The SMILES string of the molecule is Cl.Cn1cnc(SCCCN2CCN(c3cc(C(F)(F)F)nc(C(C)(C)C)n3)CC2)n1. The molecule has 0 spiro atoms. The number of aromatic nitrogens is 5. The van der Waals surface area contributed by atoms with Crippen molar-refractivity contribution in [3.63, 3.8) is 0 Å². The third-order valence-electron chi connectivity index (χ3n) is 4.80. The quantitative estimate of drug-likeness (QED) is 0.463. The minimum atomic E-state index is -4.49. The van der Waals surface area contributed by atoms with E-state index in [9.17, 15) is 13.2 Å². The van der Waals surface area contributed by atoms with Gasteiger partial charge in [0, 0.05) is 50.5 Å². The van der Waals surface area contributed by atoms with Crippen LogP contribution in [0, 0.1) is 0 Å². The maximum atomic E-state index is 13.3. The highest BCUT2D eigenvalue weighted by Gasteiger charge is 2.35. The second-order valence-corrected chi connectivity index (χ2v) is 9.48. The Bertz CT molecular complexity index is 814. The van der Waals surface area contributed by atoms with Gasteiger partial charge in [0.2, 0.25) is 5.16 Å². The Morgan fingerprint density at radius 3 is 2.29 bits per heavy atom. The second kappa shape index (κ2) is 10.4. The molecule has 0 aromatic carbocycles. The molecule has 1 saturated heterocycles. The van der Waals surface area contributed by atoms with Crippen molar-refractivity contribution < 1.29 is 13.2 Å². The number of hydrogen-bond donors (Lipinski definition) is 0. The van der Waals surface area contributed by atoms with Crippen molar-refractivity contribution in [3.05, 3.63) is 23.9 Å². The summed E-state index contributed by atoms with van der Waals surface area (Å²) in [6.45, 7) is 9.29. The van der Waals surface area contributed by atoms with Crippen molar-refractivity contribution >= 4 is 30.0 Å². The van der Waals surface area contributed by atoms with Gasteiger partial charge in [0.05, 0.1) is 0 Å². The smallest absolute Gasteiger partial charge is 0.354 e. The summed E-state index contributed by atoms with van der Waals surface area (Å²) in [5, 5.41) is 5.02. The lowest BCUT2D eigenvalue weighted by Gasteiger charge is -2.36. The van der Waals surface area contributed by atoms with Gasteiger partial charge in [-0.1, -0.05) is 32.5 Å². The Hall–Kier alpha value is -1.59. The van der Waals surface area contributed by atoms with E-state index in [1.165, 1.54) is 0 Å². The summed E-state index contributed by atoms with van der Waals surface area (Å²) in [6, 6.07) is 1.07. The van der Waals surface area contributed by atoms with E-state index >= 15 is 0 Å². The molecule has 1 aliphatic rings. The molecule has 7 nitrogen and oxygen atoms in total. The number of rotatable bonds is 6. The number of hydrogen-bond acceptors (Lipinski definition) is 7. The molecular weight excluding hydrogens is 451 g/mol. The molecule has 1 aliphatic heterocycles. The van der Waals surface area contributed by atoms with Crippen LogP contribution in [-0.2, 0) is 18.6 Å². The highest BCUT2D eigenvalue weighted by atomic mass is 35.5. The van der Waals surface area contributed by atoms with Gasteiger partial charge in [0.1, 0.15) is 23.7 Å². The lowest BCUT2D eigenvalue weighted by Crippen LogP contribution is -2.47. The van der Waals surface area contributed by atoms with Crippen LogP contribution in [0.5, 0.6) is 0 Å². The van der Waals surface area contributed by atoms with E-state index in [4.69, 9.17) is 0 Å². The highest BCUT2D eigenvalue weighted by Crippen LogP contribution is 2.32. The van der Waals surface area contributed by atoms with Gasteiger partial charge in [-0.3, -0.25) is 9.58 Å². The number of anilines is 1. The number of halogens is 4. The fourth-order valence-corrected chi connectivity index (χ4v) is 3.88. The van der Waals surface area contributed by atoms with Gasteiger partial charge >= 0.3 is 6.18 Å². The summed E-state index contributed by atoms with van der Waals surface area (Å²) >= 11 is 1.63. The van der Waals surface area contributed by atoms with Crippen molar-refractivity contribution in [2.45, 2.75) is 43.9 Å². The molecule has 0 unspecified atom stereocenters. The Morgan fingerprint density at radius 1 is 1.06 bits per heavy atom. The van der Waals surface area contributed by atoms with Gasteiger partial charge in [0.15, 0.2) is 0 Å². The molecule has 12 heteroatoms. The van der Waals surface area contributed by atoms with Gasteiger partial charge < -0.3 is 4.90 Å². The molecule has 0 saturated carbocycles. The second-order valence-electron chi connectivity index (χ2n) is 8.41. The molecule has 0 amide bonds. The van der Waals surface area contributed by atoms with E-state index in [1.54, 1.807) is 22.8 Å². The van der Waals surface area contributed by atoms with Crippen LogP contribution in [0.2, 0.25) is 0 Å². The molecule has 0 atom stereocenters. The van der Waals surface area contributed by atoms with Gasteiger partial charge in [0.25, 0.3) is 0 Å². The van der Waals surface area contributed by atoms with Crippen LogP contribution in [0.4, 0.5) is 19.0 Å². The zero-order valence-corrected chi connectivity index (χ0v) is 19.8. The minimum Gasteiger partial charge on any atom is -0.354 e. The fraction of sp³-hybridized carbons (Fsp3) is 0.684. The number of piperazine rings is 1. The standard InChI is InChI=1S/C19H28F3N7S.ClH/c1-18(2,3)16-24-14(19(20,21)22)12-15(25-16)29-9-7-28(8-10-29)6-5-11-30-17-23-13-27(4)26-17;/h12-13H,5-11H2,1-4H3;1H. The van der Waals surface area contributed by atoms with Crippen molar-refractivity contribution in [2.24, 2.45) is 7.05 Å². The Balaban J connectivity index is 0.00000341. The Morgan fingerprint density at radius 2 is 1.74 bits per heavy atom. The third-order valence-corrected chi connectivity index (χ3v) is 5.74. The summed E-state index contributed by atoms with van der Waals surface area (Å²) < 4.78 is 41.7. The van der Waals surface area contributed by atoms with E-state index in [0.29, 0.717) is 18.9 Å². The molecule has 3 heterocycles. The monoisotopic (exact) mass is 479 g/mol. The highest BCUT2D eigenvalue weighted by molar-refractivity contribution is 7.99. The summed E-state index contributed by atoms with van der Waals surface area (Å²) in [4.78, 5) is 16.7. The predicted molar refractivity (Wildman–Crippen MR) is 118 cm³/mol. The van der Waals surface area contributed by atoms with Crippen molar-refractivity contribution in [1.82, 2.24) is 29.6 Å². The first-order valence-electron chi connectivity index (χ1n) is 9.95. The Kier molecular flexibility index (Phi) is 8.57. The summed E-state index contributed by atoms with van der Waals surface area (Å²) in [7, 11) is 1.84. The topological polar surface area (TPSA) is 63.0 Å². The molecule has 0 bridgehead atoms. The first kappa shape index (κ1) is 25.7. The lowest BCUT2D eigenvalue weighted by atomic mass is 9.95. The zero-order valence-electron chi connectivity index (χ0n) is 18.2. The molecule has 2 aromatic heterocycles. The molecular formula is C19H29ClF3N7S. The van der Waals surface area contributed by atoms with Gasteiger partial charge in [-0.05, 0) is 13.0 Å². The maximum absolute atomic E-state index is 13.3. The van der Waals surface area contributed by atoms with Crippen molar-refractivity contribution in [1.29, 1.82) is 0 Å². The molecule has 0 radical (unpaired) electrons. The predicted octanol–water partition coefficient (Wildman–Crippen LogP) is 3.65. The van der Waals surface area contributed by atoms with Crippen LogP contribution in [-0.4, -0.2) is 68.1 Å². The van der Waals surface area contributed by atoms with Crippen molar-refractivity contribution in [2.75, 3.05) is 43.4 Å². The first-order chi connectivity index (χ1) is 14.0.